The molecule has 0 bridgehead atoms. The molecule has 0 aromatic heterocycles. The van der Waals surface area contributed by atoms with Gasteiger partial charge in [0.15, 0.2) is 0 Å². The minimum atomic E-state index is 0.503. The lowest BCUT2D eigenvalue weighted by Gasteiger charge is -2.13. The van der Waals surface area contributed by atoms with E-state index in [0.717, 1.165) is 22.6 Å². The highest BCUT2D eigenvalue weighted by molar-refractivity contribution is 5.56. The summed E-state index contributed by atoms with van der Waals surface area (Å²) >= 11 is 0. The van der Waals surface area contributed by atoms with Crippen molar-refractivity contribution in [2.75, 3.05) is 52.5 Å². The van der Waals surface area contributed by atoms with Gasteiger partial charge in [-0.3, -0.25) is 0 Å². The molecule has 1 aromatic carbocycles. The van der Waals surface area contributed by atoms with Gasteiger partial charge in [-0.1, -0.05) is 6.07 Å². The van der Waals surface area contributed by atoms with Crippen molar-refractivity contribution in [2.45, 2.75) is 13.8 Å². The Labute approximate surface area is 121 Å². The minimum absolute atomic E-state index is 0.503. The first-order valence-electron chi connectivity index (χ1n) is 6.79. The molecule has 0 aliphatic carbocycles. The zero-order valence-electron chi connectivity index (χ0n) is 12.6. The van der Waals surface area contributed by atoms with Gasteiger partial charge in [-0.15, -0.1) is 0 Å². The number of hydrogen-bond acceptors (Lipinski definition) is 5. The van der Waals surface area contributed by atoms with Crippen LogP contribution in [0.4, 0.5) is 5.69 Å². The number of hydrogen-bond donors (Lipinski definition) is 1. The Hall–Kier alpha value is -1.30. The molecule has 0 aliphatic heterocycles. The van der Waals surface area contributed by atoms with Crippen LogP contribution in [0.15, 0.2) is 12.1 Å². The highest BCUT2D eigenvalue weighted by Crippen LogP contribution is 2.27. The van der Waals surface area contributed by atoms with Crippen LogP contribution in [0.25, 0.3) is 0 Å². The van der Waals surface area contributed by atoms with Crippen LogP contribution >= 0.6 is 0 Å². The van der Waals surface area contributed by atoms with E-state index in [0.29, 0.717) is 39.6 Å². The molecule has 0 amide bonds. The van der Waals surface area contributed by atoms with Gasteiger partial charge < -0.3 is 24.7 Å². The van der Waals surface area contributed by atoms with Crippen molar-refractivity contribution in [3.05, 3.63) is 23.3 Å². The number of aryl methyl sites for hydroxylation is 1. The number of ether oxygens (including phenoxy) is 4. The second kappa shape index (κ2) is 9.58. The largest absolute Gasteiger partial charge is 0.491 e. The van der Waals surface area contributed by atoms with E-state index < -0.39 is 0 Å². The van der Waals surface area contributed by atoms with Crippen molar-refractivity contribution in [2.24, 2.45) is 0 Å². The first-order chi connectivity index (χ1) is 9.66. The summed E-state index contributed by atoms with van der Waals surface area (Å²) in [5.41, 5.74) is 8.67. The number of benzene rings is 1. The number of anilines is 1. The van der Waals surface area contributed by atoms with E-state index in [-0.39, 0.29) is 0 Å². The molecular weight excluding hydrogens is 258 g/mol. The SMILES string of the molecule is COCCOCCOCCOc1c(C)ccc(N)c1C. The van der Waals surface area contributed by atoms with Crippen LogP contribution in [-0.4, -0.2) is 46.8 Å². The summed E-state index contributed by atoms with van der Waals surface area (Å²) in [5, 5.41) is 0. The Morgan fingerprint density at radius 1 is 0.900 bits per heavy atom. The van der Waals surface area contributed by atoms with Gasteiger partial charge >= 0.3 is 0 Å². The Balaban J connectivity index is 2.14. The molecule has 20 heavy (non-hydrogen) atoms. The molecule has 0 heterocycles. The maximum atomic E-state index is 5.86. The monoisotopic (exact) mass is 283 g/mol. The van der Waals surface area contributed by atoms with E-state index in [1.807, 2.05) is 26.0 Å². The summed E-state index contributed by atoms with van der Waals surface area (Å²) in [6.45, 7) is 7.33. The summed E-state index contributed by atoms with van der Waals surface area (Å²) in [7, 11) is 1.65. The van der Waals surface area contributed by atoms with Crippen molar-refractivity contribution in [3.63, 3.8) is 0 Å². The molecule has 0 unspecified atom stereocenters. The minimum Gasteiger partial charge on any atom is -0.491 e. The van der Waals surface area contributed by atoms with Crippen LogP contribution in [-0.2, 0) is 14.2 Å². The summed E-state index contributed by atoms with van der Waals surface area (Å²) in [4.78, 5) is 0. The molecule has 2 N–H and O–H groups in total. The van der Waals surface area contributed by atoms with Crippen LogP contribution in [0.5, 0.6) is 5.75 Å². The Morgan fingerprint density at radius 2 is 1.50 bits per heavy atom. The van der Waals surface area contributed by atoms with E-state index in [1.165, 1.54) is 0 Å². The highest BCUT2D eigenvalue weighted by atomic mass is 16.6. The van der Waals surface area contributed by atoms with Gasteiger partial charge in [0.2, 0.25) is 0 Å². The smallest absolute Gasteiger partial charge is 0.127 e. The molecule has 5 nitrogen and oxygen atoms in total. The topological polar surface area (TPSA) is 62.9 Å². The zero-order chi connectivity index (χ0) is 14.8. The van der Waals surface area contributed by atoms with E-state index >= 15 is 0 Å². The maximum absolute atomic E-state index is 5.86. The van der Waals surface area contributed by atoms with Crippen LogP contribution in [0.1, 0.15) is 11.1 Å². The predicted molar refractivity (Wildman–Crippen MR) is 79.3 cm³/mol. The fourth-order valence-electron chi connectivity index (χ4n) is 1.73. The molecule has 1 rings (SSSR count). The third kappa shape index (κ3) is 5.77. The zero-order valence-corrected chi connectivity index (χ0v) is 12.6. The van der Waals surface area contributed by atoms with Gasteiger partial charge in [0, 0.05) is 18.4 Å². The van der Waals surface area contributed by atoms with E-state index in [1.54, 1.807) is 7.11 Å². The molecule has 0 saturated heterocycles. The van der Waals surface area contributed by atoms with Crippen LogP contribution in [0.2, 0.25) is 0 Å². The molecule has 0 saturated carbocycles. The van der Waals surface area contributed by atoms with Crippen molar-refractivity contribution in [1.82, 2.24) is 0 Å². The average Bonchev–Trinajstić information content (AvgIpc) is 2.44. The Kier molecular flexibility index (Phi) is 8.02. The molecule has 0 radical (unpaired) electrons. The van der Waals surface area contributed by atoms with Crippen LogP contribution in [0.3, 0.4) is 0 Å². The van der Waals surface area contributed by atoms with Gasteiger partial charge in [-0.2, -0.15) is 0 Å². The molecule has 1 aromatic rings. The summed E-state index contributed by atoms with van der Waals surface area (Å²) < 4.78 is 21.3. The van der Waals surface area contributed by atoms with Crippen LogP contribution < -0.4 is 10.5 Å². The Bertz CT molecular complexity index is 396. The summed E-state index contributed by atoms with van der Waals surface area (Å²) in [5.74, 6) is 0.852. The third-order valence-electron chi connectivity index (χ3n) is 2.92. The Morgan fingerprint density at radius 3 is 2.15 bits per heavy atom. The summed E-state index contributed by atoms with van der Waals surface area (Å²) in [6.07, 6.45) is 0. The second-order valence-corrected chi connectivity index (χ2v) is 4.49. The first kappa shape index (κ1) is 16.8. The first-order valence-corrected chi connectivity index (χ1v) is 6.79. The lowest BCUT2D eigenvalue weighted by molar-refractivity contribution is 0.0179. The van der Waals surface area contributed by atoms with Crippen molar-refractivity contribution in [1.29, 1.82) is 0 Å². The highest BCUT2D eigenvalue weighted by Gasteiger charge is 2.06. The van der Waals surface area contributed by atoms with Gasteiger partial charge in [-0.05, 0) is 25.5 Å². The third-order valence-corrected chi connectivity index (χ3v) is 2.92. The molecular formula is C15H25NO4. The molecule has 5 heteroatoms. The standard InChI is InChI=1S/C15H25NO4/c1-12-4-5-14(16)13(2)15(12)20-11-10-19-9-8-18-7-6-17-3/h4-5H,6-11,16H2,1-3H3. The normalized spacial score (nSPS) is 10.8. The number of methoxy groups -OCH3 is 1. The quantitative estimate of drug-likeness (QED) is 0.525. The number of rotatable bonds is 10. The lowest BCUT2D eigenvalue weighted by atomic mass is 10.1. The molecule has 0 fully saturated rings. The van der Waals surface area contributed by atoms with Gasteiger partial charge in [0.05, 0.1) is 33.0 Å². The van der Waals surface area contributed by atoms with E-state index in [2.05, 4.69) is 0 Å². The molecule has 0 spiro atoms. The maximum Gasteiger partial charge on any atom is 0.127 e. The predicted octanol–water partition coefficient (Wildman–Crippen LogP) is 1.94. The second-order valence-electron chi connectivity index (χ2n) is 4.49. The van der Waals surface area contributed by atoms with Crippen molar-refractivity contribution in [3.8, 4) is 5.75 Å². The number of nitrogen functional groups attached to an aromatic ring is 1. The van der Waals surface area contributed by atoms with Crippen molar-refractivity contribution < 1.29 is 18.9 Å². The fraction of sp³-hybridized carbons (Fsp3) is 0.600. The van der Waals surface area contributed by atoms with Crippen LogP contribution in [0, 0.1) is 13.8 Å². The number of nitrogens with two attached hydrogens (primary N) is 1. The van der Waals surface area contributed by atoms with Crippen molar-refractivity contribution >= 4 is 5.69 Å². The molecule has 0 atom stereocenters. The van der Waals surface area contributed by atoms with E-state index in [9.17, 15) is 0 Å². The average molecular weight is 283 g/mol. The van der Waals surface area contributed by atoms with E-state index in [4.69, 9.17) is 24.7 Å². The van der Waals surface area contributed by atoms with Gasteiger partial charge in [-0.25, -0.2) is 0 Å². The lowest BCUT2D eigenvalue weighted by Crippen LogP contribution is -2.13. The van der Waals surface area contributed by atoms with Gasteiger partial charge in [0.25, 0.3) is 0 Å². The summed E-state index contributed by atoms with van der Waals surface area (Å²) in [6, 6.07) is 3.85. The molecule has 0 aliphatic rings. The fourth-order valence-corrected chi connectivity index (χ4v) is 1.73. The molecule has 114 valence electrons. The van der Waals surface area contributed by atoms with Gasteiger partial charge in [0.1, 0.15) is 12.4 Å².